The highest BCUT2D eigenvalue weighted by molar-refractivity contribution is 5.78. The van der Waals surface area contributed by atoms with E-state index in [1.54, 1.807) is 0 Å². The number of benzene rings is 1. The molecule has 114 valence electrons. The van der Waals surface area contributed by atoms with Crippen molar-refractivity contribution in [2.75, 3.05) is 0 Å². The van der Waals surface area contributed by atoms with Crippen molar-refractivity contribution in [3.8, 4) is 0 Å². The van der Waals surface area contributed by atoms with Crippen molar-refractivity contribution < 1.29 is 14.7 Å². The molecule has 0 aromatic heterocycles. The van der Waals surface area contributed by atoms with Crippen LogP contribution in [0, 0.1) is 5.92 Å². The molecule has 0 aliphatic heterocycles. The van der Waals surface area contributed by atoms with Gasteiger partial charge in [-0.15, -0.1) is 0 Å². The number of amides is 2. The first-order valence-corrected chi connectivity index (χ1v) is 7.15. The highest BCUT2D eigenvalue weighted by Gasteiger charge is 2.31. The average Bonchev–Trinajstić information content (AvgIpc) is 2.53. The van der Waals surface area contributed by atoms with Crippen LogP contribution in [0.4, 0.5) is 4.79 Å². The van der Waals surface area contributed by atoms with Gasteiger partial charge in [0.2, 0.25) is 5.91 Å². The second-order valence-electron chi connectivity index (χ2n) is 5.41. The van der Waals surface area contributed by atoms with Gasteiger partial charge < -0.3 is 10.0 Å². The standard InChI is InChI=1S/C15H21N3O3/c16-17-14(19)12-6-8-13(9-7-12)18(15(20)21)10-11-4-2-1-3-5-11/h1-5,12-13H,6-10,16H2,(H,17,19)(H,20,21)/t12-,13-. The van der Waals surface area contributed by atoms with Crippen LogP contribution in [-0.2, 0) is 11.3 Å². The van der Waals surface area contributed by atoms with E-state index in [2.05, 4.69) is 5.43 Å². The molecule has 0 bridgehead atoms. The minimum atomic E-state index is -0.912. The van der Waals surface area contributed by atoms with Crippen LogP contribution in [0.5, 0.6) is 0 Å². The predicted molar refractivity (Wildman–Crippen MR) is 78.1 cm³/mol. The Morgan fingerprint density at radius 1 is 1.19 bits per heavy atom. The quantitative estimate of drug-likeness (QED) is 0.447. The maximum absolute atomic E-state index is 11.5. The smallest absolute Gasteiger partial charge is 0.407 e. The molecule has 1 aromatic carbocycles. The predicted octanol–water partition coefficient (Wildman–Crippen LogP) is 1.72. The molecule has 1 aromatic rings. The van der Waals surface area contributed by atoms with Gasteiger partial charge in [-0.25, -0.2) is 10.6 Å². The van der Waals surface area contributed by atoms with Crippen molar-refractivity contribution >= 4 is 12.0 Å². The maximum atomic E-state index is 11.5. The average molecular weight is 291 g/mol. The van der Waals surface area contributed by atoms with Gasteiger partial charge in [0.15, 0.2) is 0 Å². The van der Waals surface area contributed by atoms with Crippen LogP contribution in [0.1, 0.15) is 31.2 Å². The van der Waals surface area contributed by atoms with E-state index in [-0.39, 0.29) is 17.9 Å². The van der Waals surface area contributed by atoms with E-state index in [9.17, 15) is 14.7 Å². The molecule has 1 aliphatic carbocycles. The molecule has 1 aliphatic rings. The lowest BCUT2D eigenvalue weighted by molar-refractivity contribution is -0.126. The Bertz CT molecular complexity index is 484. The van der Waals surface area contributed by atoms with E-state index in [0.29, 0.717) is 32.2 Å². The summed E-state index contributed by atoms with van der Waals surface area (Å²) in [5.74, 6) is 4.89. The molecule has 0 heterocycles. The fourth-order valence-corrected chi connectivity index (χ4v) is 2.90. The number of nitrogens with zero attached hydrogens (tertiary/aromatic N) is 1. The van der Waals surface area contributed by atoms with Crippen molar-refractivity contribution in [2.45, 2.75) is 38.3 Å². The summed E-state index contributed by atoms with van der Waals surface area (Å²) in [6, 6.07) is 9.51. The van der Waals surface area contributed by atoms with Crippen LogP contribution in [0.25, 0.3) is 0 Å². The van der Waals surface area contributed by atoms with Crippen molar-refractivity contribution in [3.63, 3.8) is 0 Å². The Morgan fingerprint density at radius 3 is 2.33 bits per heavy atom. The van der Waals surface area contributed by atoms with Gasteiger partial charge >= 0.3 is 6.09 Å². The van der Waals surface area contributed by atoms with Gasteiger partial charge in [0.1, 0.15) is 0 Å². The summed E-state index contributed by atoms with van der Waals surface area (Å²) in [5.41, 5.74) is 3.15. The topological polar surface area (TPSA) is 95.7 Å². The van der Waals surface area contributed by atoms with Crippen LogP contribution in [0.15, 0.2) is 30.3 Å². The van der Waals surface area contributed by atoms with Crippen LogP contribution >= 0.6 is 0 Å². The zero-order chi connectivity index (χ0) is 15.2. The SMILES string of the molecule is NNC(=O)[C@H]1CC[C@H](N(Cc2ccccc2)C(=O)O)CC1. The Labute approximate surface area is 123 Å². The molecule has 0 spiro atoms. The number of carboxylic acid groups (broad SMARTS) is 1. The molecule has 4 N–H and O–H groups in total. The number of hydrogen-bond donors (Lipinski definition) is 3. The van der Waals surface area contributed by atoms with Gasteiger partial charge in [-0.3, -0.25) is 10.2 Å². The Hall–Kier alpha value is -2.08. The van der Waals surface area contributed by atoms with Gasteiger partial charge in [0.05, 0.1) is 0 Å². The Morgan fingerprint density at radius 2 is 1.81 bits per heavy atom. The lowest BCUT2D eigenvalue weighted by Gasteiger charge is -2.34. The minimum Gasteiger partial charge on any atom is -0.465 e. The van der Waals surface area contributed by atoms with E-state index in [1.807, 2.05) is 30.3 Å². The second-order valence-corrected chi connectivity index (χ2v) is 5.41. The van der Waals surface area contributed by atoms with Gasteiger partial charge in [-0.1, -0.05) is 30.3 Å². The third-order valence-corrected chi connectivity index (χ3v) is 4.09. The number of nitrogens with two attached hydrogens (primary N) is 1. The Kier molecular flexibility index (Phi) is 5.16. The summed E-state index contributed by atoms with van der Waals surface area (Å²) in [6.45, 7) is 0.384. The molecular weight excluding hydrogens is 270 g/mol. The molecule has 0 unspecified atom stereocenters. The summed E-state index contributed by atoms with van der Waals surface area (Å²) < 4.78 is 0. The zero-order valence-corrected chi connectivity index (χ0v) is 11.9. The van der Waals surface area contributed by atoms with Crippen molar-refractivity contribution in [1.29, 1.82) is 0 Å². The van der Waals surface area contributed by atoms with E-state index in [1.165, 1.54) is 4.90 Å². The molecule has 1 fully saturated rings. The lowest BCUT2D eigenvalue weighted by Crippen LogP contribution is -2.44. The number of carbonyl (C=O) groups is 2. The van der Waals surface area contributed by atoms with Gasteiger partial charge in [-0.05, 0) is 31.2 Å². The highest BCUT2D eigenvalue weighted by Crippen LogP contribution is 2.28. The minimum absolute atomic E-state index is 0.0375. The molecule has 21 heavy (non-hydrogen) atoms. The summed E-state index contributed by atoms with van der Waals surface area (Å²) in [6.07, 6.45) is 1.82. The van der Waals surface area contributed by atoms with Crippen LogP contribution in [0.3, 0.4) is 0 Å². The first-order valence-electron chi connectivity index (χ1n) is 7.15. The normalized spacial score (nSPS) is 21.6. The number of nitrogens with one attached hydrogen (secondary N) is 1. The number of rotatable bonds is 4. The van der Waals surface area contributed by atoms with E-state index in [4.69, 9.17) is 5.84 Å². The van der Waals surface area contributed by atoms with Gasteiger partial charge in [-0.2, -0.15) is 0 Å². The van der Waals surface area contributed by atoms with Crippen molar-refractivity contribution in [1.82, 2.24) is 10.3 Å². The Balaban J connectivity index is 1.97. The number of carbonyl (C=O) groups excluding carboxylic acids is 1. The first-order chi connectivity index (χ1) is 10.1. The molecule has 0 saturated heterocycles. The first kappa shape index (κ1) is 15.3. The zero-order valence-electron chi connectivity index (χ0n) is 11.9. The summed E-state index contributed by atoms with van der Waals surface area (Å²) >= 11 is 0. The molecule has 6 nitrogen and oxygen atoms in total. The summed E-state index contributed by atoms with van der Waals surface area (Å²) in [5, 5.41) is 9.43. The maximum Gasteiger partial charge on any atom is 0.407 e. The highest BCUT2D eigenvalue weighted by atomic mass is 16.4. The monoisotopic (exact) mass is 291 g/mol. The van der Waals surface area contributed by atoms with Gasteiger partial charge in [0, 0.05) is 18.5 Å². The van der Waals surface area contributed by atoms with E-state index < -0.39 is 6.09 Å². The van der Waals surface area contributed by atoms with Gasteiger partial charge in [0.25, 0.3) is 0 Å². The molecule has 2 rings (SSSR count). The molecule has 0 atom stereocenters. The molecule has 1 saturated carbocycles. The van der Waals surface area contributed by atoms with Crippen LogP contribution in [-0.4, -0.2) is 28.0 Å². The third kappa shape index (κ3) is 3.95. The third-order valence-electron chi connectivity index (χ3n) is 4.09. The van der Waals surface area contributed by atoms with Crippen LogP contribution < -0.4 is 11.3 Å². The summed E-state index contributed by atoms with van der Waals surface area (Å²) in [7, 11) is 0. The second kappa shape index (κ2) is 7.08. The fraction of sp³-hybridized carbons (Fsp3) is 0.467. The van der Waals surface area contributed by atoms with Crippen LogP contribution in [0.2, 0.25) is 0 Å². The number of hydrazine groups is 1. The van der Waals surface area contributed by atoms with Crippen molar-refractivity contribution in [2.24, 2.45) is 11.8 Å². The fourth-order valence-electron chi connectivity index (χ4n) is 2.90. The molecule has 0 radical (unpaired) electrons. The van der Waals surface area contributed by atoms with E-state index in [0.717, 1.165) is 5.56 Å². The molecular formula is C15H21N3O3. The largest absolute Gasteiger partial charge is 0.465 e. The van der Waals surface area contributed by atoms with E-state index >= 15 is 0 Å². The number of hydrogen-bond acceptors (Lipinski definition) is 3. The van der Waals surface area contributed by atoms with Crippen molar-refractivity contribution in [3.05, 3.63) is 35.9 Å². The molecule has 2 amide bonds. The molecule has 6 heteroatoms. The summed E-state index contributed by atoms with van der Waals surface area (Å²) in [4.78, 5) is 24.5. The lowest BCUT2D eigenvalue weighted by atomic mass is 9.85.